The number of benzene rings is 1. The van der Waals surface area contributed by atoms with E-state index in [0.29, 0.717) is 54.0 Å². The van der Waals surface area contributed by atoms with Gasteiger partial charge in [-0.3, -0.25) is 9.59 Å². The molecule has 2 aliphatic heterocycles. The molecule has 0 saturated carbocycles. The Kier molecular flexibility index (Phi) is 6.39. The van der Waals surface area contributed by atoms with Gasteiger partial charge in [0.25, 0.3) is 11.8 Å². The minimum atomic E-state index is -0.682. The van der Waals surface area contributed by atoms with Gasteiger partial charge in [-0.05, 0) is 31.2 Å². The first-order valence-electron chi connectivity index (χ1n) is 11.0. The number of pyridine rings is 1. The molecule has 5 rings (SSSR count). The quantitative estimate of drug-likeness (QED) is 0.514. The van der Waals surface area contributed by atoms with Crippen LogP contribution in [0.25, 0.3) is 0 Å². The van der Waals surface area contributed by atoms with Gasteiger partial charge in [-0.2, -0.15) is 0 Å². The van der Waals surface area contributed by atoms with Gasteiger partial charge in [0, 0.05) is 44.2 Å². The van der Waals surface area contributed by atoms with Gasteiger partial charge in [0.15, 0.2) is 11.5 Å². The number of hydrogen-bond donors (Lipinski definition) is 0. The van der Waals surface area contributed by atoms with E-state index in [0.717, 1.165) is 11.5 Å². The van der Waals surface area contributed by atoms with Gasteiger partial charge in [0.1, 0.15) is 17.4 Å². The molecule has 0 N–H and O–H groups in total. The molecule has 176 valence electrons. The number of hydrogen-bond acceptors (Lipinski definition) is 8. The Morgan fingerprint density at radius 1 is 1.06 bits per heavy atom. The summed E-state index contributed by atoms with van der Waals surface area (Å²) in [4.78, 5) is 34.1. The molecule has 3 aromatic rings. The summed E-state index contributed by atoms with van der Waals surface area (Å²) >= 11 is 1.45. The number of piperazine rings is 1. The van der Waals surface area contributed by atoms with E-state index >= 15 is 0 Å². The predicted octanol–water partition coefficient (Wildman–Crippen LogP) is 2.79. The third kappa shape index (κ3) is 4.72. The van der Waals surface area contributed by atoms with Crippen molar-refractivity contribution < 1.29 is 23.6 Å². The third-order valence-electron chi connectivity index (χ3n) is 5.70. The molecule has 1 fully saturated rings. The van der Waals surface area contributed by atoms with E-state index in [2.05, 4.69) is 10.1 Å². The van der Waals surface area contributed by atoms with Crippen LogP contribution in [-0.4, -0.2) is 70.6 Å². The lowest BCUT2D eigenvalue weighted by Gasteiger charge is -2.37. The maximum atomic E-state index is 13.2. The molecule has 2 aromatic heterocycles. The Morgan fingerprint density at radius 2 is 1.82 bits per heavy atom. The van der Waals surface area contributed by atoms with Crippen molar-refractivity contribution in [3.8, 4) is 11.5 Å². The molecule has 2 aliphatic rings. The van der Waals surface area contributed by atoms with Gasteiger partial charge >= 0.3 is 0 Å². The zero-order valence-electron chi connectivity index (χ0n) is 18.7. The van der Waals surface area contributed by atoms with E-state index < -0.39 is 6.10 Å². The van der Waals surface area contributed by atoms with Gasteiger partial charge in [-0.1, -0.05) is 29.1 Å². The number of thioether (sulfide) groups is 1. The molecule has 1 aromatic carbocycles. The molecule has 0 spiro atoms. The van der Waals surface area contributed by atoms with Gasteiger partial charge in [-0.25, -0.2) is 4.98 Å². The summed E-state index contributed by atoms with van der Waals surface area (Å²) in [6.07, 6.45) is 0.993. The Balaban J connectivity index is 1.18. The van der Waals surface area contributed by atoms with Crippen molar-refractivity contribution in [1.82, 2.24) is 19.9 Å². The van der Waals surface area contributed by atoms with Gasteiger partial charge in [0.2, 0.25) is 6.10 Å². The predicted molar refractivity (Wildman–Crippen MR) is 124 cm³/mol. The first-order chi connectivity index (χ1) is 16.6. The second kappa shape index (κ2) is 9.76. The molecule has 1 atom stereocenters. The van der Waals surface area contributed by atoms with Crippen LogP contribution in [0.5, 0.6) is 11.5 Å². The minimum absolute atomic E-state index is 0.0924. The van der Waals surface area contributed by atoms with Crippen molar-refractivity contribution >= 4 is 23.6 Å². The van der Waals surface area contributed by atoms with Crippen molar-refractivity contribution in [2.75, 3.05) is 32.8 Å². The average molecular weight is 481 g/mol. The third-order valence-corrected chi connectivity index (χ3v) is 6.74. The monoisotopic (exact) mass is 480 g/mol. The Bertz CT molecular complexity index is 1190. The number of rotatable bonds is 5. The van der Waals surface area contributed by atoms with Crippen LogP contribution in [-0.2, 0) is 10.5 Å². The summed E-state index contributed by atoms with van der Waals surface area (Å²) in [6, 6.07) is 12.7. The number of fused-ring (bicyclic) bond motifs is 1. The fraction of sp³-hybridized carbons (Fsp3) is 0.333. The number of carbonyl (C=O) groups is 2. The summed E-state index contributed by atoms with van der Waals surface area (Å²) in [5, 5.41) is 4.65. The van der Waals surface area contributed by atoms with E-state index in [9.17, 15) is 9.59 Å². The summed E-state index contributed by atoms with van der Waals surface area (Å²) in [7, 11) is 0. The molecule has 4 heterocycles. The lowest BCUT2D eigenvalue weighted by Crippen LogP contribution is -2.55. The topological polar surface area (TPSA) is 98.0 Å². The molecule has 10 heteroatoms. The highest BCUT2D eigenvalue weighted by Gasteiger charge is 2.34. The van der Waals surface area contributed by atoms with E-state index in [4.69, 9.17) is 14.0 Å². The van der Waals surface area contributed by atoms with Crippen molar-refractivity contribution in [1.29, 1.82) is 0 Å². The van der Waals surface area contributed by atoms with Crippen LogP contribution in [0.4, 0.5) is 0 Å². The summed E-state index contributed by atoms with van der Waals surface area (Å²) in [6.45, 7) is 3.77. The van der Waals surface area contributed by atoms with Crippen LogP contribution in [0.3, 0.4) is 0 Å². The van der Waals surface area contributed by atoms with E-state index in [-0.39, 0.29) is 18.4 Å². The van der Waals surface area contributed by atoms with Gasteiger partial charge in [0.05, 0.1) is 11.3 Å². The maximum absolute atomic E-state index is 13.2. The van der Waals surface area contributed by atoms with Crippen LogP contribution in [0.2, 0.25) is 0 Å². The Hall–Kier alpha value is -3.53. The molecule has 0 aliphatic carbocycles. The normalized spacial score (nSPS) is 17.5. The lowest BCUT2D eigenvalue weighted by atomic mass is 10.2. The second-order valence-electron chi connectivity index (χ2n) is 8.06. The first-order valence-corrected chi connectivity index (χ1v) is 12.0. The Labute approximate surface area is 201 Å². The zero-order chi connectivity index (χ0) is 23.5. The minimum Gasteiger partial charge on any atom is -0.485 e. The number of aryl methyl sites for hydroxylation is 1. The molecule has 0 bridgehead atoms. The molecule has 9 nitrogen and oxygen atoms in total. The van der Waals surface area contributed by atoms with E-state index in [1.54, 1.807) is 34.2 Å². The second-order valence-corrected chi connectivity index (χ2v) is 9.02. The zero-order valence-corrected chi connectivity index (χ0v) is 19.5. The lowest BCUT2D eigenvalue weighted by molar-refractivity contribution is -0.142. The maximum Gasteiger partial charge on any atom is 0.267 e. The molecular formula is C24H24N4O5S. The summed E-state index contributed by atoms with van der Waals surface area (Å²) in [5.41, 5.74) is 1.35. The number of para-hydroxylation sites is 2. The molecule has 34 heavy (non-hydrogen) atoms. The number of ether oxygens (including phenoxy) is 2. The molecular weight excluding hydrogens is 456 g/mol. The molecule has 2 amide bonds. The average Bonchev–Trinajstić information content (AvgIpc) is 3.31. The highest BCUT2D eigenvalue weighted by atomic mass is 32.2. The van der Waals surface area contributed by atoms with E-state index in [1.165, 1.54) is 11.8 Å². The van der Waals surface area contributed by atoms with Crippen LogP contribution in [0.15, 0.2) is 58.2 Å². The standard InChI is InChI=1S/C24H24N4O5S/c1-16-13-17(26-33-16)15-34-22-18(5-4-8-25-22)23(29)27-9-11-28(12-10-27)24(30)21-14-31-19-6-2-3-7-20(19)32-21/h2-8,13,21H,9-12,14-15H2,1H3/t21-/m1/s1. The van der Waals surface area contributed by atoms with Crippen molar-refractivity contribution in [2.45, 2.75) is 23.8 Å². The smallest absolute Gasteiger partial charge is 0.267 e. The van der Waals surface area contributed by atoms with E-state index in [1.807, 2.05) is 31.2 Å². The number of aromatic nitrogens is 2. The number of amides is 2. The van der Waals surface area contributed by atoms with Gasteiger partial charge in [-0.15, -0.1) is 0 Å². The summed E-state index contributed by atoms with van der Waals surface area (Å²) < 4.78 is 16.6. The molecule has 0 radical (unpaired) electrons. The summed E-state index contributed by atoms with van der Waals surface area (Å²) in [5.74, 6) is 2.31. The van der Waals surface area contributed by atoms with Crippen molar-refractivity contribution in [2.24, 2.45) is 0 Å². The highest BCUT2D eigenvalue weighted by Crippen LogP contribution is 2.31. The fourth-order valence-electron chi connectivity index (χ4n) is 3.94. The molecule has 0 unspecified atom stereocenters. The molecule has 1 saturated heterocycles. The van der Waals surface area contributed by atoms with Crippen molar-refractivity contribution in [3.05, 3.63) is 65.7 Å². The largest absolute Gasteiger partial charge is 0.485 e. The number of nitrogens with zero attached hydrogens (tertiary/aromatic N) is 4. The van der Waals surface area contributed by atoms with Crippen molar-refractivity contribution in [3.63, 3.8) is 0 Å². The number of carbonyl (C=O) groups excluding carboxylic acids is 2. The van der Waals surface area contributed by atoms with Crippen LogP contribution < -0.4 is 9.47 Å². The SMILES string of the molecule is Cc1cc(CSc2ncccc2C(=O)N2CCN(C(=O)[C@H]3COc4ccccc4O3)CC2)no1. The Morgan fingerprint density at radius 3 is 2.59 bits per heavy atom. The van der Waals surface area contributed by atoms with Crippen LogP contribution in [0.1, 0.15) is 21.8 Å². The van der Waals surface area contributed by atoms with Crippen LogP contribution >= 0.6 is 11.8 Å². The van der Waals surface area contributed by atoms with Gasteiger partial charge < -0.3 is 23.8 Å². The highest BCUT2D eigenvalue weighted by molar-refractivity contribution is 7.98. The first kappa shape index (κ1) is 22.3. The van der Waals surface area contributed by atoms with Crippen LogP contribution in [0, 0.1) is 6.92 Å². The fourth-order valence-corrected chi connectivity index (χ4v) is 4.81.